The van der Waals surface area contributed by atoms with Crippen molar-refractivity contribution in [1.29, 1.82) is 0 Å². The first-order chi connectivity index (χ1) is 12.2. The van der Waals surface area contributed by atoms with E-state index in [4.69, 9.17) is 0 Å². The van der Waals surface area contributed by atoms with Gasteiger partial charge in [-0.25, -0.2) is 4.98 Å². The Morgan fingerprint density at radius 3 is 2.84 bits per heavy atom. The summed E-state index contributed by atoms with van der Waals surface area (Å²) in [5.41, 5.74) is 3.38. The van der Waals surface area contributed by atoms with Gasteiger partial charge in [0.25, 0.3) is 5.91 Å². The van der Waals surface area contributed by atoms with Crippen molar-refractivity contribution in [2.75, 3.05) is 26.3 Å². The Kier molecular flexibility index (Phi) is 4.41. The Labute approximate surface area is 149 Å². The first kappa shape index (κ1) is 16.4. The van der Waals surface area contributed by atoms with Gasteiger partial charge in [-0.05, 0) is 31.0 Å². The molecular weight excluding hydrogens is 341 g/mol. The first-order valence-corrected chi connectivity index (χ1v) is 9.51. The average Bonchev–Trinajstić information content (AvgIpc) is 3.26. The van der Waals surface area contributed by atoms with Gasteiger partial charge in [-0.2, -0.15) is 0 Å². The van der Waals surface area contributed by atoms with E-state index in [-0.39, 0.29) is 23.8 Å². The summed E-state index contributed by atoms with van der Waals surface area (Å²) in [7, 11) is 0. The lowest BCUT2D eigenvalue weighted by Crippen LogP contribution is -2.47. The van der Waals surface area contributed by atoms with Gasteiger partial charge >= 0.3 is 0 Å². The molecule has 0 radical (unpaired) electrons. The lowest BCUT2D eigenvalue weighted by atomic mass is 10.0. The number of hydrogen-bond acceptors (Lipinski definition) is 4. The molecule has 0 spiro atoms. The van der Waals surface area contributed by atoms with Crippen LogP contribution in [-0.2, 0) is 4.79 Å². The second-order valence-electron chi connectivity index (χ2n) is 6.83. The van der Waals surface area contributed by atoms with Crippen LogP contribution in [0, 0.1) is 5.92 Å². The summed E-state index contributed by atoms with van der Waals surface area (Å²) in [6, 6.07) is 5.74. The molecule has 4 rings (SSSR count). The van der Waals surface area contributed by atoms with Gasteiger partial charge in [-0.15, -0.1) is 11.3 Å². The molecule has 1 unspecified atom stereocenters. The molecule has 1 atom stereocenters. The molecule has 2 amide bonds. The molecular formula is C18H20FN3O2S. The molecule has 2 saturated heterocycles. The van der Waals surface area contributed by atoms with Gasteiger partial charge in [0.2, 0.25) is 5.91 Å². The molecule has 0 saturated carbocycles. The first-order valence-electron chi connectivity index (χ1n) is 8.63. The number of carbonyl (C=O) groups is 2. The maximum atomic E-state index is 12.8. The van der Waals surface area contributed by atoms with Crippen molar-refractivity contribution in [3.8, 4) is 0 Å². The van der Waals surface area contributed by atoms with Gasteiger partial charge in [0.1, 0.15) is 0 Å². The number of nitrogens with zero attached hydrogens (tertiary/aromatic N) is 3. The molecule has 2 fully saturated rings. The Hall–Kier alpha value is -2.02. The van der Waals surface area contributed by atoms with Gasteiger partial charge in [0.05, 0.1) is 22.4 Å². The minimum Gasteiger partial charge on any atom is -0.339 e. The highest BCUT2D eigenvalue weighted by atomic mass is 32.1. The molecule has 1 aromatic heterocycles. The summed E-state index contributed by atoms with van der Waals surface area (Å²) in [4.78, 5) is 32.7. The van der Waals surface area contributed by atoms with Crippen molar-refractivity contribution < 1.29 is 14.0 Å². The highest BCUT2D eigenvalue weighted by Crippen LogP contribution is 2.27. The van der Waals surface area contributed by atoms with E-state index in [9.17, 15) is 14.0 Å². The largest absolute Gasteiger partial charge is 0.339 e. The minimum atomic E-state index is -0.431. The average molecular weight is 361 g/mol. The zero-order chi connectivity index (χ0) is 17.4. The molecule has 3 heterocycles. The van der Waals surface area contributed by atoms with E-state index in [1.807, 2.05) is 28.0 Å². The molecule has 7 heteroatoms. The van der Waals surface area contributed by atoms with E-state index < -0.39 is 6.67 Å². The Morgan fingerprint density at radius 2 is 2.12 bits per heavy atom. The van der Waals surface area contributed by atoms with Gasteiger partial charge in [-0.3, -0.25) is 14.0 Å². The van der Waals surface area contributed by atoms with Gasteiger partial charge in [-0.1, -0.05) is 0 Å². The quantitative estimate of drug-likeness (QED) is 0.845. The number of likely N-dealkylation sites (tertiary alicyclic amines) is 2. The molecule has 1 aromatic carbocycles. The monoisotopic (exact) mass is 361 g/mol. The molecule has 25 heavy (non-hydrogen) atoms. The standard InChI is InChI=1S/C18H20FN3O2S/c19-9-12-7-17(23)22(10-12)14-3-5-21(6-4-14)18(24)13-1-2-15-16(8-13)25-11-20-15/h1-2,8,11-12,14H,3-7,9-10H2. The van der Waals surface area contributed by atoms with Crippen LogP contribution in [0.2, 0.25) is 0 Å². The maximum absolute atomic E-state index is 12.8. The van der Waals surface area contributed by atoms with Gasteiger partial charge in [0, 0.05) is 43.6 Å². The predicted octanol–water partition coefficient (Wildman–Crippen LogP) is 2.72. The lowest BCUT2D eigenvalue weighted by molar-refractivity contribution is -0.130. The third kappa shape index (κ3) is 3.13. The fourth-order valence-electron chi connectivity index (χ4n) is 3.82. The summed E-state index contributed by atoms with van der Waals surface area (Å²) >= 11 is 1.53. The fourth-order valence-corrected chi connectivity index (χ4v) is 4.53. The summed E-state index contributed by atoms with van der Waals surface area (Å²) in [5, 5.41) is 0. The number of benzene rings is 1. The van der Waals surface area contributed by atoms with E-state index in [0.717, 1.165) is 23.1 Å². The van der Waals surface area contributed by atoms with Crippen molar-refractivity contribution in [2.24, 2.45) is 5.92 Å². The predicted molar refractivity (Wildman–Crippen MR) is 94.3 cm³/mol. The second-order valence-corrected chi connectivity index (χ2v) is 7.72. The number of hydrogen-bond donors (Lipinski definition) is 0. The molecule has 2 aliphatic rings. The van der Waals surface area contributed by atoms with E-state index in [2.05, 4.69) is 4.98 Å². The van der Waals surface area contributed by atoms with E-state index >= 15 is 0 Å². The molecule has 0 bridgehead atoms. The Bertz CT molecular complexity index is 800. The fraction of sp³-hybridized carbons (Fsp3) is 0.500. The van der Waals surface area contributed by atoms with Crippen molar-refractivity contribution >= 4 is 33.4 Å². The van der Waals surface area contributed by atoms with Crippen molar-refractivity contribution in [3.05, 3.63) is 29.3 Å². The van der Waals surface area contributed by atoms with Gasteiger partial charge in [0.15, 0.2) is 0 Å². The summed E-state index contributed by atoms with van der Waals surface area (Å²) in [6.07, 6.45) is 1.85. The Morgan fingerprint density at radius 1 is 1.32 bits per heavy atom. The molecule has 0 aliphatic carbocycles. The number of carbonyl (C=O) groups excluding carboxylic acids is 2. The normalized spacial score (nSPS) is 22.1. The zero-order valence-electron chi connectivity index (χ0n) is 13.9. The van der Waals surface area contributed by atoms with Crippen LogP contribution in [0.25, 0.3) is 10.2 Å². The number of thiazole rings is 1. The number of fused-ring (bicyclic) bond motifs is 1. The number of piperidine rings is 1. The minimum absolute atomic E-state index is 0.0307. The van der Waals surface area contributed by atoms with E-state index in [1.54, 1.807) is 5.51 Å². The smallest absolute Gasteiger partial charge is 0.253 e. The highest BCUT2D eigenvalue weighted by Gasteiger charge is 2.36. The maximum Gasteiger partial charge on any atom is 0.253 e. The Balaban J connectivity index is 1.39. The SMILES string of the molecule is O=C(c1ccc2ncsc2c1)N1CCC(N2CC(CF)CC2=O)CC1. The van der Waals surface area contributed by atoms with Crippen LogP contribution in [0.1, 0.15) is 29.6 Å². The van der Waals surface area contributed by atoms with Crippen LogP contribution >= 0.6 is 11.3 Å². The topological polar surface area (TPSA) is 53.5 Å². The molecule has 5 nitrogen and oxygen atoms in total. The van der Waals surface area contributed by atoms with Crippen LogP contribution in [0.5, 0.6) is 0 Å². The molecule has 132 valence electrons. The number of rotatable bonds is 3. The van der Waals surface area contributed by atoms with Crippen molar-refractivity contribution in [2.45, 2.75) is 25.3 Å². The van der Waals surface area contributed by atoms with Crippen LogP contribution in [-0.4, -0.2) is 58.9 Å². The van der Waals surface area contributed by atoms with E-state index in [0.29, 0.717) is 31.6 Å². The van der Waals surface area contributed by atoms with E-state index in [1.165, 1.54) is 11.3 Å². The van der Waals surface area contributed by atoms with Gasteiger partial charge < -0.3 is 9.80 Å². The van der Waals surface area contributed by atoms with Crippen LogP contribution in [0.15, 0.2) is 23.7 Å². The number of amides is 2. The number of aromatic nitrogens is 1. The zero-order valence-corrected chi connectivity index (χ0v) is 14.7. The summed E-state index contributed by atoms with van der Waals surface area (Å²) in [6.45, 7) is 1.36. The molecule has 2 aromatic rings. The second kappa shape index (κ2) is 6.71. The third-order valence-electron chi connectivity index (χ3n) is 5.23. The van der Waals surface area contributed by atoms with Crippen LogP contribution in [0.4, 0.5) is 4.39 Å². The van der Waals surface area contributed by atoms with Crippen molar-refractivity contribution in [3.63, 3.8) is 0 Å². The molecule has 2 aliphatic heterocycles. The third-order valence-corrected chi connectivity index (χ3v) is 6.02. The van der Waals surface area contributed by atoms with Crippen LogP contribution in [0.3, 0.4) is 0 Å². The molecule has 0 N–H and O–H groups in total. The summed E-state index contributed by atoms with van der Waals surface area (Å²) < 4.78 is 13.8. The summed E-state index contributed by atoms with van der Waals surface area (Å²) in [5.74, 6) is -0.0653. The number of halogens is 1. The number of alkyl halides is 1. The van der Waals surface area contributed by atoms with Crippen LogP contribution < -0.4 is 0 Å². The highest BCUT2D eigenvalue weighted by molar-refractivity contribution is 7.16. The van der Waals surface area contributed by atoms with Crippen molar-refractivity contribution in [1.82, 2.24) is 14.8 Å². The lowest BCUT2D eigenvalue weighted by Gasteiger charge is -2.37.